The zero-order valence-electron chi connectivity index (χ0n) is 14.5. The second-order valence-corrected chi connectivity index (χ2v) is 6.87. The van der Waals surface area contributed by atoms with Gasteiger partial charge >= 0.3 is 0 Å². The van der Waals surface area contributed by atoms with E-state index >= 15 is 0 Å². The zero-order chi connectivity index (χ0) is 17.3. The summed E-state index contributed by atoms with van der Waals surface area (Å²) in [6.45, 7) is 0. The molecular weight excluding hydrogens is 314 g/mol. The lowest BCUT2D eigenvalue weighted by molar-refractivity contribution is 0.930. The van der Waals surface area contributed by atoms with Gasteiger partial charge in [-0.1, -0.05) is 90.5 Å². The Kier molecular flexibility index (Phi) is 3.64. The molecule has 1 atom stereocenters. The molecule has 0 saturated carbocycles. The predicted octanol–water partition coefficient (Wildman–Crippen LogP) is 6.01. The Morgan fingerprint density at radius 3 is 2.38 bits per heavy atom. The number of pyridine rings is 1. The van der Waals surface area contributed by atoms with E-state index in [0.717, 1.165) is 11.9 Å². The summed E-state index contributed by atoms with van der Waals surface area (Å²) in [5.41, 5.74) is 7.92. The Hall–Kier alpha value is -3.19. The van der Waals surface area contributed by atoms with Crippen LogP contribution >= 0.6 is 0 Å². The minimum absolute atomic E-state index is 0.269. The minimum Gasteiger partial charge on any atom is -0.256 e. The van der Waals surface area contributed by atoms with Gasteiger partial charge in [0.15, 0.2) is 0 Å². The van der Waals surface area contributed by atoms with E-state index in [0.29, 0.717) is 0 Å². The standard InChI is InChI=1S/C25H19N/c1-2-8-18(9-3-1)16-21-17-20-10-4-5-13-22(20)24(21)23-14-6-11-19-12-7-15-26-25(19)23/h1-15,17,24H,16H2. The lowest BCUT2D eigenvalue weighted by Crippen LogP contribution is -2.05. The number of hydrogen-bond donors (Lipinski definition) is 0. The Morgan fingerprint density at radius 1 is 0.692 bits per heavy atom. The van der Waals surface area contributed by atoms with E-state index in [-0.39, 0.29) is 5.92 Å². The van der Waals surface area contributed by atoms with Gasteiger partial charge in [0, 0.05) is 17.5 Å². The van der Waals surface area contributed by atoms with E-state index < -0.39 is 0 Å². The SMILES string of the molecule is C1=C(Cc2ccccc2)C(c2cccc3cccnc23)c2ccccc21. The normalized spacial score (nSPS) is 15.7. The predicted molar refractivity (Wildman–Crippen MR) is 108 cm³/mol. The molecule has 26 heavy (non-hydrogen) atoms. The first-order chi connectivity index (χ1) is 12.9. The van der Waals surface area contributed by atoms with Crippen molar-refractivity contribution < 1.29 is 0 Å². The van der Waals surface area contributed by atoms with Gasteiger partial charge in [0.25, 0.3) is 0 Å². The fourth-order valence-electron chi connectivity index (χ4n) is 4.10. The third-order valence-electron chi connectivity index (χ3n) is 5.24. The zero-order valence-corrected chi connectivity index (χ0v) is 14.5. The van der Waals surface area contributed by atoms with Crippen molar-refractivity contribution in [3.05, 3.63) is 119 Å². The summed E-state index contributed by atoms with van der Waals surface area (Å²) in [7, 11) is 0. The van der Waals surface area contributed by atoms with Crippen LogP contribution in [0.2, 0.25) is 0 Å². The average Bonchev–Trinajstić information content (AvgIpc) is 3.06. The van der Waals surface area contributed by atoms with Crippen LogP contribution in [0.1, 0.15) is 28.2 Å². The van der Waals surface area contributed by atoms with Gasteiger partial charge in [-0.2, -0.15) is 0 Å². The summed E-state index contributed by atoms with van der Waals surface area (Å²) in [6, 6.07) is 30.2. The fraction of sp³-hybridized carbons (Fsp3) is 0.0800. The molecule has 1 heterocycles. The summed E-state index contributed by atoms with van der Waals surface area (Å²) in [6.07, 6.45) is 5.23. The van der Waals surface area contributed by atoms with Crippen molar-refractivity contribution in [2.45, 2.75) is 12.3 Å². The monoisotopic (exact) mass is 333 g/mol. The molecule has 1 heteroatoms. The molecule has 4 aromatic rings. The topological polar surface area (TPSA) is 12.9 Å². The van der Waals surface area contributed by atoms with Crippen LogP contribution in [0.4, 0.5) is 0 Å². The Morgan fingerprint density at radius 2 is 1.46 bits per heavy atom. The molecule has 0 radical (unpaired) electrons. The van der Waals surface area contributed by atoms with Crippen LogP contribution in [0.25, 0.3) is 17.0 Å². The van der Waals surface area contributed by atoms with Crippen LogP contribution in [-0.2, 0) is 6.42 Å². The second-order valence-electron chi connectivity index (χ2n) is 6.87. The van der Waals surface area contributed by atoms with E-state index in [9.17, 15) is 0 Å². The van der Waals surface area contributed by atoms with E-state index in [1.54, 1.807) is 0 Å². The van der Waals surface area contributed by atoms with Crippen molar-refractivity contribution in [3.8, 4) is 0 Å². The molecule has 5 rings (SSSR count). The molecule has 0 aliphatic heterocycles. The summed E-state index contributed by atoms with van der Waals surface area (Å²) >= 11 is 0. The van der Waals surface area contributed by atoms with Crippen LogP contribution in [-0.4, -0.2) is 4.98 Å². The third-order valence-corrected chi connectivity index (χ3v) is 5.24. The Bertz CT molecular complexity index is 1100. The van der Waals surface area contributed by atoms with Gasteiger partial charge in [-0.25, -0.2) is 0 Å². The maximum atomic E-state index is 4.71. The third kappa shape index (κ3) is 2.53. The molecule has 1 unspecified atom stereocenters. The fourth-order valence-corrected chi connectivity index (χ4v) is 4.10. The maximum Gasteiger partial charge on any atom is 0.0743 e. The molecular formula is C25H19N. The lowest BCUT2D eigenvalue weighted by Gasteiger charge is -2.19. The molecule has 3 aromatic carbocycles. The van der Waals surface area contributed by atoms with Gasteiger partial charge in [0.05, 0.1) is 5.52 Å². The molecule has 124 valence electrons. The highest BCUT2D eigenvalue weighted by Crippen LogP contribution is 2.43. The van der Waals surface area contributed by atoms with Crippen LogP contribution in [0, 0.1) is 0 Å². The largest absolute Gasteiger partial charge is 0.256 e. The number of hydrogen-bond acceptors (Lipinski definition) is 1. The smallest absolute Gasteiger partial charge is 0.0743 e. The summed E-state index contributed by atoms with van der Waals surface area (Å²) in [5, 5.41) is 1.20. The van der Waals surface area contributed by atoms with Crippen molar-refractivity contribution in [3.63, 3.8) is 0 Å². The molecule has 0 N–H and O–H groups in total. The van der Waals surface area contributed by atoms with Crippen molar-refractivity contribution in [2.75, 3.05) is 0 Å². The second kappa shape index (κ2) is 6.27. The van der Waals surface area contributed by atoms with Crippen LogP contribution < -0.4 is 0 Å². The number of para-hydroxylation sites is 1. The first kappa shape index (κ1) is 15.1. The highest BCUT2D eigenvalue weighted by atomic mass is 14.7. The molecule has 1 aromatic heterocycles. The van der Waals surface area contributed by atoms with Crippen molar-refractivity contribution in [2.24, 2.45) is 0 Å². The Balaban J connectivity index is 1.67. The molecule has 1 aliphatic rings. The summed E-state index contributed by atoms with van der Waals surface area (Å²) in [5.74, 6) is 0.269. The van der Waals surface area contributed by atoms with Gasteiger partial charge in [-0.3, -0.25) is 4.98 Å². The number of nitrogens with zero attached hydrogens (tertiary/aromatic N) is 1. The van der Waals surface area contributed by atoms with Crippen LogP contribution in [0.15, 0.2) is 96.7 Å². The number of rotatable bonds is 3. The van der Waals surface area contributed by atoms with Gasteiger partial charge in [-0.15, -0.1) is 0 Å². The van der Waals surface area contributed by atoms with Crippen molar-refractivity contribution in [1.29, 1.82) is 0 Å². The minimum atomic E-state index is 0.269. The van der Waals surface area contributed by atoms with Gasteiger partial charge in [0.1, 0.15) is 0 Å². The molecule has 0 spiro atoms. The highest BCUT2D eigenvalue weighted by molar-refractivity contribution is 5.85. The molecule has 0 fully saturated rings. The van der Waals surface area contributed by atoms with E-state index in [4.69, 9.17) is 4.98 Å². The van der Waals surface area contributed by atoms with Gasteiger partial charge in [0.2, 0.25) is 0 Å². The molecule has 0 saturated heterocycles. The van der Waals surface area contributed by atoms with E-state index in [1.165, 1.54) is 33.2 Å². The number of fused-ring (bicyclic) bond motifs is 2. The number of allylic oxidation sites excluding steroid dienone is 1. The summed E-state index contributed by atoms with van der Waals surface area (Å²) in [4.78, 5) is 4.71. The molecule has 1 nitrogen and oxygen atoms in total. The van der Waals surface area contributed by atoms with Crippen molar-refractivity contribution in [1.82, 2.24) is 4.98 Å². The highest BCUT2D eigenvalue weighted by Gasteiger charge is 2.28. The summed E-state index contributed by atoms with van der Waals surface area (Å²) < 4.78 is 0. The quantitative estimate of drug-likeness (QED) is 0.447. The van der Waals surface area contributed by atoms with Crippen molar-refractivity contribution >= 4 is 17.0 Å². The number of benzene rings is 3. The maximum absolute atomic E-state index is 4.71. The molecule has 0 bridgehead atoms. The lowest BCUT2D eigenvalue weighted by atomic mass is 9.84. The number of aromatic nitrogens is 1. The average molecular weight is 333 g/mol. The van der Waals surface area contributed by atoms with Crippen LogP contribution in [0.3, 0.4) is 0 Å². The van der Waals surface area contributed by atoms with Gasteiger partial charge in [-0.05, 0) is 34.7 Å². The van der Waals surface area contributed by atoms with Gasteiger partial charge < -0.3 is 0 Å². The first-order valence-corrected chi connectivity index (χ1v) is 9.07. The Labute approximate surface area is 153 Å². The molecule has 0 amide bonds. The van der Waals surface area contributed by atoms with E-state index in [1.807, 2.05) is 12.3 Å². The van der Waals surface area contributed by atoms with E-state index in [2.05, 4.69) is 84.9 Å². The molecule has 1 aliphatic carbocycles. The van der Waals surface area contributed by atoms with Crippen LogP contribution in [0.5, 0.6) is 0 Å². The first-order valence-electron chi connectivity index (χ1n) is 9.07.